The third-order valence-corrected chi connectivity index (χ3v) is 6.11. The van der Waals surface area contributed by atoms with Crippen LogP contribution in [0.5, 0.6) is 0 Å². The van der Waals surface area contributed by atoms with Crippen LogP contribution in [0.25, 0.3) is 11.0 Å². The largest absolute Gasteiger partial charge is 0.354 e. The average molecular weight is 407 g/mol. The Morgan fingerprint density at radius 2 is 2.14 bits per heavy atom. The van der Waals surface area contributed by atoms with Crippen molar-refractivity contribution in [3.8, 4) is 0 Å². The van der Waals surface area contributed by atoms with Gasteiger partial charge in [0.05, 0.1) is 11.3 Å². The zero-order valence-corrected chi connectivity index (χ0v) is 17.9. The number of fused-ring (bicyclic) bond motifs is 1. The molecule has 0 spiro atoms. The fourth-order valence-corrected chi connectivity index (χ4v) is 4.32. The van der Waals surface area contributed by atoms with E-state index in [-0.39, 0.29) is 5.91 Å². The van der Waals surface area contributed by atoms with Crippen molar-refractivity contribution >= 4 is 40.1 Å². The number of hydrogen-bond acceptors (Lipinski definition) is 5. The summed E-state index contributed by atoms with van der Waals surface area (Å²) in [7, 11) is 0. The van der Waals surface area contributed by atoms with Crippen molar-refractivity contribution < 1.29 is 4.79 Å². The van der Waals surface area contributed by atoms with E-state index in [2.05, 4.69) is 40.6 Å². The number of benzene rings is 1. The van der Waals surface area contributed by atoms with Crippen LogP contribution in [0, 0.1) is 12.8 Å². The Balaban J connectivity index is 1.79. The number of carbonyl (C=O) groups is 1. The quantitative estimate of drug-likeness (QED) is 0.598. The van der Waals surface area contributed by atoms with E-state index in [1.165, 1.54) is 11.3 Å². The molecule has 3 aromatic rings. The molecule has 29 heavy (non-hydrogen) atoms. The molecule has 0 saturated carbocycles. The van der Waals surface area contributed by atoms with Crippen LogP contribution in [0.2, 0.25) is 0 Å². The first-order valence-corrected chi connectivity index (χ1v) is 11.2. The SMILES string of the molecule is CSc1cccc(Nc2c(C(=O)N3CCCC(C)C3)cnc3nc(C)ccc23)c1. The van der Waals surface area contributed by atoms with E-state index in [0.29, 0.717) is 17.1 Å². The molecule has 1 amide bonds. The summed E-state index contributed by atoms with van der Waals surface area (Å²) in [4.78, 5) is 25.6. The second kappa shape index (κ2) is 8.41. The molecule has 1 fully saturated rings. The van der Waals surface area contributed by atoms with Crippen molar-refractivity contribution in [2.45, 2.75) is 31.6 Å². The van der Waals surface area contributed by atoms with Gasteiger partial charge in [0.1, 0.15) is 0 Å². The second-order valence-electron chi connectivity index (χ2n) is 7.73. The van der Waals surface area contributed by atoms with Crippen LogP contribution in [-0.2, 0) is 0 Å². The lowest BCUT2D eigenvalue weighted by Gasteiger charge is -2.31. The van der Waals surface area contributed by atoms with Gasteiger partial charge in [-0.25, -0.2) is 9.97 Å². The third kappa shape index (κ3) is 4.22. The van der Waals surface area contributed by atoms with Crippen molar-refractivity contribution in [2.75, 3.05) is 24.7 Å². The first-order valence-electron chi connectivity index (χ1n) is 10.0. The number of thioether (sulfide) groups is 1. The standard InChI is InChI=1S/C23H26N4OS/c1-15-6-5-11-27(14-15)23(28)20-13-24-22-19(10-9-16(2)25-22)21(20)26-17-7-4-8-18(12-17)29-3/h4,7-10,12-13,15H,5-6,11,14H2,1-3H3,(H,24,25,26). The number of aryl methyl sites for hydroxylation is 1. The summed E-state index contributed by atoms with van der Waals surface area (Å²) in [5, 5.41) is 4.36. The van der Waals surface area contributed by atoms with Gasteiger partial charge in [0.15, 0.2) is 5.65 Å². The molecule has 1 aliphatic rings. The number of piperidine rings is 1. The first-order chi connectivity index (χ1) is 14.0. The van der Waals surface area contributed by atoms with E-state index in [4.69, 9.17) is 0 Å². The minimum atomic E-state index is 0.0371. The maximum atomic E-state index is 13.4. The van der Waals surface area contributed by atoms with Gasteiger partial charge < -0.3 is 10.2 Å². The Kier molecular flexibility index (Phi) is 5.72. The van der Waals surface area contributed by atoms with E-state index < -0.39 is 0 Å². The van der Waals surface area contributed by atoms with Crippen LogP contribution in [0.15, 0.2) is 47.5 Å². The van der Waals surface area contributed by atoms with Gasteiger partial charge >= 0.3 is 0 Å². The summed E-state index contributed by atoms with van der Waals surface area (Å²) in [5.74, 6) is 0.565. The molecule has 1 unspecified atom stereocenters. The highest BCUT2D eigenvalue weighted by molar-refractivity contribution is 7.98. The van der Waals surface area contributed by atoms with Crippen LogP contribution < -0.4 is 5.32 Å². The maximum Gasteiger partial charge on any atom is 0.257 e. The zero-order chi connectivity index (χ0) is 20.4. The van der Waals surface area contributed by atoms with Gasteiger partial charge in [-0.3, -0.25) is 4.79 Å². The third-order valence-electron chi connectivity index (χ3n) is 5.38. The molecule has 4 rings (SSSR count). The molecule has 1 aliphatic heterocycles. The molecule has 5 nitrogen and oxygen atoms in total. The lowest BCUT2D eigenvalue weighted by molar-refractivity contribution is 0.0684. The highest BCUT2D eigenvalue weighted by Gasteiger charge is 2.25. The van der Waals surface area contributed by atoms with Crippen molar-refractivity contribution in [1.29, 1.82) is 0 Å². The van der Waals surface area contributed by atoms with Crippen LogP contribution in [0.3, 0.4) is 0 Å². The summed E-state index contributed by atoms with van der Waals surface area (Å²) >= 11 is 1.69. The average Bonchev–Trinajstić information content (AvgIpc) is 2.73. The summed E-state index contributed by atoms with van der Waals surface area (Å²) in [6.07, 6.45) is 5.96. The maximum absolute atomic E-state index is 13.4. The van der Waals surface area contributed by atoms with E-state index in [9.17, 15) is 4.79 Å². The molecule has 0 aliphatic carbocycles. The molecule has 0 radical (unpaired) electrons. The number of anilines is 2. The minimum Gasteiger partial charge on any atom is -0.354 e. The number of amides is 1. The number of carbonyl (C=O) groups excluding carboxylic acids is 1. The number of hydrogen-bond donors (Lipinski definition) is 1. The first kappa shape index (κ1) is 19.7. The molecule has 6 heteroatoms. The van der Waals surface area contributed by atoms with Crippen LogP contribution in [0.1, 0.15) is 35.8 Å². The van der Waals surface area contributed by atoms with Crippen molar-refractivity contribution in [1.82, 2.24) is 14.9 Å². The number of rotatable bonds is 4. The molecule has 1 aromatic carbocycles. The van der Waals surface area contributed by atoms with Gasteiger partial charge in [-0.05, 0) is 62.3 Å². The van der Waals surface area contributed by atoms with Crippen molar-refractivity contribution in [3.05, 3.63) is 53.9 Å². The smallest absolute Gasteiger partial charge is 0.257 e. The summed E-state index contributed by atoms with van der Waals surface area (Å²) in [6.45, 7) is 5.75. The van der Waals surface area contributed by atoms with Gasteiger partial charge in [0, 0.05) is 40.9 Å². The highest BCUT2D eigenvalue weighted by Crippen LogP contribution is 2.31. The Morgan fingerprint density at radius 3 is 2.93 bits per heavy atom. The van der Waals surface area contributed by atoms with Crippen molar-refractivity contribution in [3.63, 3.8) is 0 Å². The van der Waals surface area contributed by atoms with Gasteiger partial charge in [0.2, 0.25) is 0 Å². The van der Waals surface area contributed by atoms with E-state index in [1.807, 2.05) is 36.1 Å². The van der Waals surface area contributed by atoms with Gasteiger partial charge in [-0.1, -0.05) is 13.0 Å². The molecular weight excluding hydrogens is 380 g/mol. The molecular formula is C23H26N4OS. The number of nitrogens with one attached hydrogen (secondary N) is 1. The second-order valence-corrected chi connectivity index (χ2v) is 8.61. The molecule has 2 aromatic heterocycles. The van der Waals surface area contributed by atoms with E-state index in [0.717, 1.165) is 42.0 Å². The number of nitrogens with zero attached hydrogens (tertiary/aromatic N) is 3. The van der Waals surface area contributed by atoms with Crippen molar-refractivity contribution in [2.24, 2.45) is 5.92 Å². The Labute approximate surface area is 175 Å². The molecule has 0 bridgehead atoms. The minimum absolute atomic E-state index is 0.0371. The topological polar surface area (TPSA) is 58.1 Å². The molecule has 1 saturated heterocycles. The molecule has 1 atom stereocenters. The van der Waals surface area contributed by atoms with Gasteiger partial charge in [0.25, 0.3) is 5.91 Å². The number of pyridine rings is 2. The molecule has 150 valence electrons. The lowest BCUT2D eigenvalue weighted by atomic mass is 9.99. The number of likely N-dealkylation sites (tertiary alicyclic amines) is 1. The summed E-state index contributed by atoms with van der Waals surface area (Å²) in [5.41, 5.74) is 3.89. The summed E-state index contributed by atoms with van der Waals surface area (Å²) in [6, 6.07) is 12.2. The predicted molar refractivity (Wildman–Crippen MR) is 120 cm³/mol. The predicted octanol–water partition coefficient (Wildman–Crippen LogP) is 5.28. The lowest BCUT2D eigenvalue weighted by Crippen LogP contribution is -2.39. The Bertz CT molecular complexity index is 1050. The summed E-state index contributed by atoms with van der Waals surface area (Å²) < 4.78 is 0. The van der Waals surface area contributed by atoms with E-state index >= 15 is 0 Å². The Morgan fingerprint density at radius 1 is 1.28 bits per heavy atom. The number of aromatic nitrogens is 2. The monoisotopic (exact) mass is 406 g/mol. The fraction of sp³-hybridized carbons (Fsp3) is 0.348. The fourth-order valence-electron chi connectivity index (χ4n) is 3.86. The van der Waals surface area contributed by atoms with E-state index in [1.54, 1.807) is 18.0 Å². The van der Waals surface area contributed by atoms with Gasteiger partial charge in [-0.2, -0.15) is 0 Å². The van der Waals surface area contributed by atoms with Crippen LogP contribution in [0.4, 0.5) is 11.4 Å². The van der Waals surface area contributed by atoms with Gasteiger partial charge in [-0.15, -0.1) is 11.8 Å². The normalized spacial score (nSPS) is 16.8. The Hall–Kier alpha value is -2.60. The molecule has 1 N–H and O–H groups in total. The van der Waals surface area contributed by atoms with Crippen LogP contribution >= 0.6 is 11.8 Å². The molecule has 3 heterocycles. The van der Waals surface area contributed by atoms with Crippen LogP contribution in [-0.4, -0.2) is 40.1 Å². The highest BCUT2D eigenvalue weighted by atomic mass is 32.2. The zero-order valence-electron chi connectivity index (χ0n) is 17.1.